The van der Waals surface area contributed by atoms with Gasteiger partial charge < -0.3 is 19.1 Å². The molecule has 0 radical (unpaired) electrons. The van der Waals surface area contributed by atoms with Crippen molar-refractivity contribution >= 4 is 29.3 Å². The fourth-order valence-electron chi connectivity index (χ4n) is 5.40. The standard InChI is InChI=1S/C33H48N4O2.ClH/c1-25(2)16-22-36(23-17-26(3)4)33(38)28-12-15-30-31(24-28)37(21-9-20-35-18-7-6-8-19-35)32(34-30)27-10-13-29(39-5)14-11-27;/h10-15,24-26H,6-9,16-23H2,1-5H3;1H. The Balaban J connectivity index is 0.00000441. The van der Waals surface area contributed by atoms with E-state index in [0.717, 1.165) is 79.2 Å². The first-order valence-corrected chi connectivity index (χ1v) is 15.0. The molecule has 0 saturated carbocycles. The summed E-state index contributed by atoms with van der Waals surface area (Å²) < 4.78 is 7.71. The largest absolute Gasteiger partial charge is 0.497 e. The van der Waals surface area contributed by atoms with Crippen molar-refractivity contribution < 1.29 is 9.53 Å². The molecule has 220 valence electrons. The molecule has 1 aliphatic rings. The molecule has 0 N–H and O–H groups in total. The monoisotopic (exact) mass is 568 g/mol. The highest BCUT2D eigenvalue weighted by atomic mass is 35.5. The minimum Gasteiger partial charge on any atom is -0.497 e. The average molecular weight is 569 g/mol. The summed E-state index contributed by atoms with van der Waals surface area (Å²) in [6.07, 6.45) is 7.06. The second kappa shape index (κ2) is 15.4. The molecule has 0 spiro atoms. The first-order valence-electron chi connectivity index (χ1n) is 15.0. The molecule has 0 atom stereocenters. The number of carbonyl (C=O) groups excluding carboxylic acids is 1. The van der Waals surface area contributed by atoms with E-state index in [1.807, 2.05) is 24.3 Å². The summed E-state index contributed by atoms with van der Waals surface area (Å²) in [7, 11) is 1.69. The third-order valence-electron chi connectivity index (χ3n) is 7.89. The van der Waals surface area contributed by atoms with E-state index < -0.39 is 0 Å². The van der Waals surface area contributed by atoms with Crippen LogP contribution in [0.15, 0.2) is 42.5 Å². The van der Waals surface area contributed by atoms with Crippen molar-refractivity contribution in [1.29, 1.82) is 0 Å². The van der Waals surface area contributed by atoms with Crippen molar-refractivity contribution in [3.05, 3.63) is 48.0 Å². The van der Waals surface area contributed by atoms with E-state index in [9.17, 15) is 4.79 Å². The number of hydrogen-bond donors (Lipinski definition) is 0. The second-order valence-corrected chi connectivity index (χ2v) is 11.9. The number of halogens is 1. The van der Waals surface area contributed by atoms with Crippen LogP contribution in [0, 0.1) is 11.8 Å². The number of aromatic nitrogens is 2. The SMILES string of the molecule is COc1ccc(-c2nc3ccc(C(=O)N(CCC(C)C)CCC(C)C)cc3n2CCCN2CCCCC2)cc1.Cl. The molecule has 7 heteroatoms. The predicted molar refractivity (Wildman–Crippen MR) is 169 cm³/mol. The zero-order chi connectivity index (χ0) is 27.8. The summed E-state index contributed by atoms with van der Waals surface area (Å²) in [6.45, 7) is 14.9. The molecule has 0 aliphatic carbocycles. The first kappa shape index (κ1) is 32.0. The van der Waals surface area contributed by atoms with Gasteiger partial charge in [-0.05, 0) is 106 Å². The lowest BCUT2D eigenvalue weighted by atomic mass is 10.1. The third-order valence-corrected chi connectivity index (χ3v) is 7.89. The van der Waals surface area contributed by atoms with E-state index in [4.69, 9.17) is 9.72 Å². The number of hydrogen-bond acceptors (Lipinski definition) is 4. The minimum absolute atomic E-state index is 0. The summed E-state index contributed by atoms with van der Waals surface area (Å²) in [6, 6.07) is 14.2. The van der Waals surface area contributed by atoms with Crippen molar-refractivity contribution in [1.82, 2.24) is 19.4 Å². The van der Waals surface area contributed by atoms with Gasteiger partial charge in [-0.2, -0.15) is 0 Å². The number of piperidine rings is 1. The van der Waals surface area contributed by atoms with E-state index in [1.165, 1.54) is 32.4 Å². The van der Waals surface area contributed by atoms with E-state index in [0.29, 0.717) is 11.8 Å². The van der Waals surface area contributed by atoms with Crippen LogP contribution in [-0.2, 0) is 6.54 Å². The molecule has 40 heavy (non-hydrogen) atoms. The van der Waals surface area contributed by atoms with Crippen LogP contribution < -0.4 is 4.74 Å². The topological polar surface area (TPSA) is 50.6 Å². The number of fused-ring (bicyclic) bond motifs is 1. The Kier molecular flexibility index (Phi) is 12.3. The molecule has 0 bridgehead atoms. The number of likely N-dealkylation sites (tertiary alicyclic amines) is 1. The van der Waals surface area contributed by atoms with Crippen LogP contribution in [-0.4, -0.2) is 65.1 Å². The summed E-state index contributed by atoms with van der Waals surface area (Å²) in [5.74, 6) is 3.05. The van der Waals surface area contributed by atoms with Gasteiger partial charge in [-0.25, -0.2) is 4.98 Å². The number of ether oxygens (including phenoxy) is 1. The fourth-order valence-corrected chi connectivity index (χ4v) is 5.40. The third kappa shape index (κ3) is 8.47. The number of imidazole rings is 1. The quantitative estimate of drug-likeness (QED) is 0.214. The van der Waals surface area contributed by atoms with Gasteiger partial charge >= 0.3 is 0 Å². The maximum absolute atomic E-state index is 13.8. The predicted octanol–water partition coefficient (Wildman–Crippen LogP) is 7.54. The minimum atomic E-state index is 0. The Morgan fingerprint density at radius 3 is 2.17 bits per heavy atom. The molecule has 1 aliphatic heterocycles. The number of amides is 1. The zero-order valence-corrected chi connectivity index (χ0v) is 26.0. The number of nitrogens with zero attached hydrogens (tertiary/aromatic N) is 4. The second-order valence-electron chi connectivity index (χ2n) is 11.9. The molecule has 1 aromatic heterocycles. The first-order chi connectivity index (χ1) is 18.9. The van der Waals surface area contributed by atoms with E-state index in [-0.39, 0.29) is 18.3 Å². The van der Waals surface area contributed by atoms with E-state index in [1.54, 1.807) is 7.11 Å². The van der Waals surface area contributed by atoms with Crippen LogP contribution in [0.4, 0.5) is 0 Å². The molecular weight excluding hydrogens is 520 g/mol. The van der Waals surface area contributed by atoms with Gasteiger partial charge in [0, 0.05) is 30.8 Å². The normalized spacial score (nSPS) is 14.1. The van der Waals surface area contributed by atoms with E-state index in [2.05, 4.69) is 60.3 Å². The molecule has 3 aromatic rings. The number of benzene rings is 2. The lowest BCUT2D eigenvalue weighted by Gasteiger charge is -2.26. The maximum atomic E-state index is 13.8. The van der Waals surface area contributed by atoms with Crippen molar-refractivity contribution in [2.24, 2.45) is 11.8 Å². The van der Waals surface area contributed by atoms with Gasteiger partial charge in [-0.3, -0.25) is 4.79 Å². The van der Waals surface area contributed by atoms with Crippen molar-refractivity contribution in [3.8, 4) is 17.1 Å². The summed E-state index contributed by atoms with van der Waals surface area (Å²) in [4.78, 5) is 23.5. The molecule has 6 nitrogen and oxygen atoms in total. The van der Waals surface area contributed by atoms with Gasteiger partial charge in [-0.15, -0.1) is 12.4 Å². The molecule has 4 rings (SSSR count). The van der Waals surface area contributed by atoms with E-state index >= 15 is 0 Å². The van der Waals surface area contributed by atoms with Crippen molar-refractivity contribution in [2.45, 2.75) is 72.8 Å². The van der Waals surface area contributed by atoms with Gasteiger partial charge in [0.1, 0.15) is 11.6 Å². The maximum Gasteiger partial charge on any atom is 0.253 e. The smallest absolute Gasteiger partial charge is 0.253 e. The summed E-state index contributed by atoms with van der Waals surface area (Å²) >= 11 is 0. The molecule has 1 saturated heterocycles. The average Bonchev–Trinajstić information content (AvgIpc) is 3.30. The highest BCUT2D eigenvalue weighted by molar-refractivity contribution is 5.98. The molecule has 2 heterocycles. The zero-order valence-electron chi connectivity index (χ0n) is 25.2. The Morgan fingerprint density at radius 1 is 0.925 bits per heavy atom. The number of rotatable bonds is 13. The number of carbonyl (C=O) groups is 1. The van der Waals surface area contributed by atoms with Crippen LogP contribution in [0.1, 0.15) is 76.6 Å². The lowest BCUT2D eigenvalue weighted by molar-refractivity contribution is 0.0741. The molecule has 1 amide bonds. The van der Waals surface area contributed by atoms with Crippen LogP contribution in [0.3, 0.4) is 0 Å². The molecule has 1 fully saturated rings. The molecule has 2 aromatic carbocycles. The molecule has 0 unspecified atom stereocenters. The van der Waals surface area contributed by atoms with Crippen LogP contribution in [0.25, 0.3) is 22.4 Å². The number of aryl methyl sites for hydroxylation is 1. The summed E-state index contributed by atoms with van der Waals surface area (Å²) in [5.41, 5.74) is 3.80. The van der Waals surface area contributed by atoms with Crippen LogP contribution >= 0.6 is 12.4 Å². The number of methoxy groups -OCH3 is 1. The van der Waals surface area contributed by atoms with Gasteiger partial charge in [0.25, 0.3) is 5.91 Å². The molecular formula is C33H49ClN4O2. The van der Waals surface area contributed by atoms with Gasteiger partial charge in [0.05, 0.1) is 18.1 Å². The highest BCUT2D eigenvalue weighted by Crippen LogP contribution is 2.28. The lowest BCUT2D eigenvalue weighted by Crippen LogP contribution is -2.34. The Labute approximate surface area is 247 Å². The van der Waals surface area contributed by atoms with Gasteiger partial charge in [0.15, 0.2) is 0 Å². The van der Waals surface area contributed by atoms with Gasteiger partial charge in [0.2, 0.25) is 0 Å². The highest BCUT2D eigenvalue weighted by Gasteiger charge is 2.20. The fraction of sp³-hybridized carbons (Fsp3) is 0.576. The van der Waals surface area contributed by atoms with Crippen molar-refractivity contribution in [2.75, 3.05) is 39.8 Å². The Bertz CT molecular complexity index is 1190. The Hall–Kier alpha value is -2.57. The van der Waals surface area contributed by atoms with Crippen molar-refractivity contribution in [3.63, 3.8) is 0 Å². The Morgan fingerprint density at radius 2 is 1.57 bits per heavy atom. The van der Waals surface area contributed by atoms with Gasteiger partial charge in [-0.1, -0.05) is 34.1 Å². The van der Waals surface area contributed by atoms with Crippen LogP contribution in [0.5, 0.6) is 5.75 Å². The summed E-state index contributed by atoms with van der Waals surface area (Å²) in [5, 5.41) is 0. The van der Waals surface area contributed by atoms with Crippen LogP contribution in [0.2, 0.25) is 0 Å².